The number of hydrogen-bond acceptors (Lipinski definition) is 6. The monoisotopic (exact) mass is 313 g/mol. The van der Waals surface area contributed by atoms with Crippen LogP contribution < -0.4 is 5.32 Å². The summed E-state index contributed by atoms with van der Waals surface area (Å²) in [6.07, 6.45) is 7.05. The molecular formula is C15H19N7O. The van der Waals surface area contributed by atoms with Crippen molar-refractivity contribution < 1.29 is 4.79 Å². The van der Waals surface area contributed by atoms with Crippen LogP contribution in [0.2, 0.25) is 0 Å². The Morgan fingerprint density at radius 3 is 2.78 bits per heavy atom. The van der Waals surface area contributed by atoms with Crippen molar-refractivity contribution in [3.63, 3.8) is 0 Å². The Bertz CT molecular complexity index is 737. The summed E-state index contributed by atoms with van der Waals surface area (Å²) < 4.78 is 1.54. The van der Waals surface area contributed by atoms with Gasteiger partial charge in [-0.25, -0.2) is 15.0 Å². The lowest BCUT2D eigenvalue weighted by molar-refractivity contribution is 0.0750. The Balaban J connectivity index is 1.52. The highest BCUT2D eigenvalue weighted by Gasteiger charge is 2.27. The van der Waals surface area contributed by atoms with Gasteiger partial charge in [-0.3, -0.25) is 9.48 Å². The zero-order valence-electron chi connectivity index (χ0n) is 13.1. The van der Waals surface area contributed by atoms with Gasteiger partial charge in [0.15, 0.2) is 0 Å². The van der Waals surface area contributed by atoms with Crippen LogP contribution in [0.25, 0.3) is 0 Å². The summed E-state index contributed by atoms with van der Waals surface area (Å²) in [6.45, 7) is 1.26. The van der Waals surface area contributed by atoms with Gasteiger partial charge >= 0.3 is 0 Å². The minimum Gasteiger partial charge on any atom is -0.367 e. The second-order valence-electron chi connectivity index (χ2n) is 6.10. The minimum absolute atomic E-state index is 0.122. The lowest BCUT2D eigenvalue weighted by Crippen LogP contribution is -2.34. The fourth-order valence-electron chi connectivity index (χ4n) is 2.85. The first-order chi connectivity index (χ1) is 11.2. The van der Waals surface area contributed by atoms with E-state index in [0.29, 0.717) is 19.1 Å². The molecule has 8 nitrogen and oxygen atoms in total. The van der Waals surface area contributed by atoms with E-state index in [2.05, 4.69) is 25.4 Å². The zero-order valence-corrected chi connectivity index (χ0v) is 13.1. The second-order valence-corrected chi connectivity index (χ2v) is 6.10. The molecule has 4 rings (SSSR count). The molecule has 0 unspecified atom stereocenters. The van der Waals surface area contributed by atoms with Gasteiger partial charge in [0.2, 0.25) is 5.82 Å². The van der Waals surface area contributed by atoms with Crippen LogP contribution in [0.3, 0.4) is 0 Å². The molecule has 1 aliphatic heterocycles. The average Bonchev–Trinajstić information content (AvgIpc) is 3.30. The van der Waals surface area contributed by atoms with Crippen molar-refractivity contribution in [2.75, 3.05) is 18.4 Å². The van der Waals surface area contributed by atoms with Gasteiger partial charge in [-0.2, -0.15) is 0 Å². The first kappa shape index (κ1) is 14.1. The summed E-state index contributed by atoms with van der Waals surface area (Å²) in [5.41, 5.74) is 2.18. The van der Waals surface area contributed by atoms with Crippen LogP contribution >= 0.6 is 0 Å². The summed E-state index contributed by atoms with van der Waals surface area (Å²) in [5.74, 6) is 1.06. The molecule has 1 N–H and O–H groups in total. The molecule has 1 fully saturated rings. The number of rotatable bonds is 3. The molecule has 0 spiro atoms. The molecule has 1 saturated carbocycles. The fourth-order valence-corrected chi connectivity index (χ4v) is 2.85. The molecule has 1 amide bonds. The van der Waals surface area contributed by atoms with Crippen molar-refractivity contribution in [2.45, 2.75) is 31.7 Å². The summed E-state index contributed by atoms with van der Waals surface area (Å²) >= 11 is 0. The van der Waals surface area contributed by atoms with Gasteiger partial charge in [0.05, 0.1) is 5.69 Å². The second kappa shape index (κ2) is 5.60. The predicted molar refractivity (Wildman–Crippen MR) is 83.0 cm³/mol. The molecule has 1 aliphatic carbocycles. The van der Waals surface area contributed by atoms with Crippen molar-refractivity contribution in [3.05, 3.63) is 29.7 Å². The molecule has 2 aliphatic rings. The number of aromatic nitrogens is 5. The van der Waals surface area contributed by atoms with Crippen LogP contribution in [-0.4, -0.2) is 54.7 Å². The standard InChI is InChI=1S/C15H19N7O/c1-21-9-18-14(20-21)15(23)22-6-4-11-12(5-7-22)16-8-17-13(11)19-10-2-3-10/h8-10H,2-7H2,1H3,(H,16,17,19). The highest BCUT2D eigenvalue weighted by atomic mass is 16.2. The van der Waals surface area contributed by atoms with Crippen LogP contribution in [-0.2, 0) is 19.9 Å². The molecule has 8 heteroatoms. The topological polar surface area (TPSA) is 88.8 Å². The Hall–Kier alpha value is -2.51. The van der Waals surface area contributed by atoms with E-state index in [-0.39, 0.29) is 11.7 Å². The van der Waals surface area contributed by atoms with Crippen molar-refractivity contribution in [3.8, 4) is 0 Å². The molecule has 0 bridgehead atoms. The smallest absolute Gasteiger partial charge is 0.293 e. The van der Waals surface area contributed by atoms with E-state index in [9.17, 15) is 4.79 Å². The molecule has 0 atom stereocenters. The van der Waals surface area contributed by atoms with Gasteiger partial charge in [-0.1, -0.05) is 0 Å². The molecule has 3 heterocycles. The van der Waals surface area contributed by atoms with E-state index in [1.54, 1.807) is 29.3 Å². The van der Waals surface area contributed by atoms with E-state index >= 15 is 0 Å². The molecule has 23 heavy (non-hydrogen) atoms. The van der Waals surface area contributed by atoms with Gasteiger partial charge in [0.25, 0.3) is 5.91 Å². The number of carbonyl (C=O) groups is 1. The maximum Gasteiger partial charge on any atom is 0.293 e. The Morgan fingerprint density at radius 1 is 1.22 bits per heavy atom. The van der Waals surface area contributed by atoms with E-state index in [1.807, 2.05) is 0 Å². The van der Waals surface area contributed by atoms with Crippen LogP contribution in [0.15, 0.2) is 12.7 Å². The van der Waals surface area contributed by atoms with Crippen LogP contribution in [0.1, 0.15) is 34.7 Å². The highest BCUT2D eigenvalue weighted by Crippen LogP contribution is 2.27. The molecule has 0 aromatic carbocycles. The molecule has 2 aromatic heterocycles. The molecule has 0 radical (unpaired) electrons. The number of aryl methyl sites for hydroxylation is 1. The number of hydrogen-bond donors (Lipinski definition) is 1. The Kier molecular flexibility index (Phi) is 3.44. The van der Waals surface area contributed by atoms with Crippen molar-refractivity contribution >= 4 is 11.7 Å². The summed E-state index contributed by atoms with van der Waals surface area (Å²) in [4.78, 5) is 27.2. The highest BCUT2D eigenvalue weighted by molar-refractivity contribution is 5.90. The Labute approximate surface area is 133 Å². The molecule has 120 valence electrons. The normalized spacial score (nSPS) is 17.5. The van der Waals surface area contributed by atoms with Gasteiger partial charge in [-0.05, 0) is 19.3 Å². The molecule has 2 aromatic rings. The maximum atomic E-state index is 12.5. The first-order valence-corrected chi connectivity index (χ1v) is 7.95. The van der Waals surface area contributed by atoms with Crippen molar-refractivity contribution in [1.82, 2.24) is 29.6 Å². The van der Waals surface area contributed by atoms with E-state index in [4.69, 9.17) is 0 Å². The maximum absolute atomic E-state index is 12.5. The third-order valence-electron chi connectivity index (χ3n) is 4.28. The number of anilines is 1. The van der Waals surface area contributed by atoms with Crippen LogP contribution in [0.5, 0.6) is 0 Å². The van der Waals surface area contributed by atoms with Crippen molar-refractivity contribution in [1.29, 1.82) is 0 Å². The van der Waals surface area contributed by atoms with Gasteiger partial charge < -0.3 is 10.2 Å². The van der Waals surface area contributed by atoms with E-state index in [0.717, 1.165) is 29.9 Å². The number of nitrogens with one attached hydrogen (secondary N) is 1. The third kappa shape index (κ3) is 2.88. The first-order valence-electron chi connectivity index (χ1n) is 7.95. The van der Waals surface area contributed by atoms with Crippen LogP contribution in [0, 0.1) is 0 Å². The number of carbonyl (C=O) groups excluding carboxylic acids is 1. The van der Waals surface area contributed by atoms with E-state index in [1.165, 1.54) is 12.8 Å². The fraction of sp³-hybridized carbons (Fsp3) is 0.533. The van der Waals surface area contributed by atoms with Gasteiger partial charge in [0, 0.05) is 38.2 Å². The third-order valence-corrected chi connectivity index (χ3v) is 4.28. The lowest BCUT2D eigenvalue weighted by Gasteiger charge is -2.18. The SMILES string of the molecule is Cn1cnc(C(=O)N2CCc3ncnc(NC4CC4)c3CC2)n1. The predicted octanol–water partition coefficient (Wildman–Crippen LogP) is 0.420. The number of amides is 1. The average molecular weight is 313 g/mol. The largest absolute Gasteiger partial charge is 0.367 e. The lowest BCUT2D eigenvalue weighted by atomic mass is 10.1. The van der Waals surface area contributed by atoms with Gasteiger partial charge in [-0.15, -0.1) is 5.10 Å². The quantitative estimate of drug-likeness (QED) is 0.883. The molecular weight excluding hydrogens is 294 g/mol. The molecule has 0 saturated heterocycles. The Morgan fingerprint density at radius 2 is 2.04 bits per heavy atom. The minimum atomic E-state index is -0.122. The van der Waals surface area contributed by atoms with E-state index < -0.39 is 0 Å². The van der Waals surface area contributed by atoms with Crippen molar-refractivity contribution in [2.24, 2.45) is 7.05 Å². The number of nitrogens with zero attached hydrogens (tertiary/aromatic N) is 6. The summed E-state index contributed by atoms with van der Waals surface area (Å²) in [7, 11) is 1.76. The number of fused-ring (bicyclic) bond motifs is 1. The van der Waals surface area contributed by atoms with Gasteiger partial charge in [0.1, 0.15) is 18.5 Å². The summed E-state index contributed by atoms with van der Waals surface area (Å²) in [6, 6.07) is 0.549. The summed E-state index contributed by atoms with van der Waals surface area (Å²) in [5, 5.41) is 7.57. The van der Waals surface area contributed by atoms with Crippen LogP contribution in [0.4, 0.5) is 5.82 Å². The zero-order chi connectivity index (χ0) is 15.8.